The van der Waals surface area contributed by atoms with Crippen molar-refractivity contribution in [1.82, 2.24) is 10.6 Å². The van der Waals surface area contributed by atoms with E-state index in [0.717, 1.165) is 19.6 Å². The lowest BCUT2D eigenvalue weighted by Crippen LogP contribution is -2.24. The maximum atomic E-state index is 3.53. The molecule has 0 amide bonds. The molecule has 0 fully saturated rings. The van der Waals surface area contributed by atoms with E-state index in [2.05, 4.69) is 51.7 Å². The van der Waals surface area contributed by atoms with Crippen LogP contribution >= 0.6 is 15.9 Å². The summed E-state index contributed by atoms with van der Waals surface area (Å²) in [7, 11) is 1.96. The van der Waals surface area contributed by atoms with E-state index in [1.165, 1.54) is 15.6 Å². The first-order valence-electron chi connectivity index (χ1n) is 4.85. The minimum atomic E-state index is 0.937. The van der Waals surface area contributed by atoms with Crippen LogP contribution in [0.5, 0.6) is 0 Å². The maximum Gasteiger partial charge on any atom is 0.0209 e. The highest BCUT2D eigenvalue weighted by atomic mass is 79.9. The van der Waals surface area contributed by atoms with Crippen LogP contribution in [0.3, 0.4) is 0 Å². The minimum Gasteiger partial charge on any atom is -0.318 e. The average Bonchev–Trinajstić information content (AvgIpc) is 2.19. The molecule has 2 N–H and O–H groups in total. The quantitative estimate of drug-likeness (QED) is 0.789. The van der Waals surface area contributed by atoms with Crippen molar-refractivity contribution >= 4 is 15.9 Å². The highest BCUT2D eigenvalue weighted by Crippen LogP contribution is 2.18. The molecule has 0 aromatic heterocycles. The van der Waals surface area contributed by atoms with Crippen LogP contribution in [-0.2, 0) is 6.54 Å². The molecule has 78 valence electrons. The van der Waals surface area contributed by atoms with Crippen LogP contribution < -0.4 is 10.6 Å². The van der Waals surface area contributed by atoms with Crippen molar-refractivity contribution in [3.63, 3.8) is 0 Å². The Balaban J connectivity index is 2.46. The Morgan fingerprint density at radius 3 is 2.79 bits per heavy atom. The number of nitrogens with one attached hydrogen (secondary N) is 2. The van der Waals surface area contributed by atoms with E-state index in [1.54, 1.807) is 0 Å². The van der Waals surface area contributed by atoms with Crippen LogP contribution in [-0.4, -0.2) is 20.1 Å². The molecule has 0 atom stereocenters. The van der Waals surface area contributed by atoms with E-state index in [9.17, 15) is 0 Å². The normalized spacial score (nSPS) is 10.5. The highest BCUT2D eigenvalue weighted by Gasteiger charge is 2.00. The van der Waals surface area contributed by atoms with Crippen molar-refractivity contribution in [2.45, 2.75) is 13.5 Å². The maximum absolute atomic E-state index is 3.53. The molecule has 0 aliphatic heterocycles. The van der Waals surface area contributed by atoms with Crippen molar-refractivity contribution in [3.05, 3.63) is 33.8 Å². The fraction of sp³-hybridized carbons (Fsp3) is 0.455. The standard InChI is InChI=1S/C11H17BrN2/c1-9-10(4-3-5-11(9)12)8-14-7-6-13-2/h3-5,13-14H,6-8H2,1-2H3. The third-order valence-electron chi connectivity index (χ3n) is 2.25. The third-order valence-corrected chi connectivity index (χ3v) is 3.11. The molecule has 0 unspecified atom stereocenters. The summed E-state index contributed by atoms with van der Waals surface area (Å²) in [5.41, 5.74) is 2.68. The number of hydrogen-bond donors (Lipinski definition) is 2. The third kappa shape index (κ3) is 3.40. The molecule has 0 saturated carbocycles. The van der Waals surface area contributed by atoms with Gasteiger partial charge in [-0.15, -0.1) is 0 Å². The summed E-state index contributed by atoms with van der Waals surface area (Å²) in [6.07, 6.45) is 0. The van der Waals surface area contributed by atoms with Gasteiger partial charge in [-0.25, -0.2) is 0 Å². The molecule has 1 aromatic rings. The molecular formula is C11H17BrN2. The largest absolute Gasteiger partial charge is 0.318 e. The fourth-order valence-electron chi connectivity index (χ4n) is 1.28. The van der Waals surface area contributed by atoms with Gasteiger partial charge in [-0.2, -0.15) is 0 Å². The van der Waals surface area contributed by atoms with Crippen LogP contribution in [0.25, 0.3) is 0 Å². The monoisotopic (exact) mass is 256 g/mol. The number of hydrogen-bond acceptors (Lipinski definition) is 2. The molecule has 0 saturated heterocycles. The minimum absolute atomic E-state index is 0.937. The highest BCUT2D eigenvalue weighted by molar-refractivity contribution is 9.10. The first-order valence-corrected chi connectivity index (χ1v) is 5.64. The SMILES string of the molecule is CNCCNCc1cccc(Br)c1C. The van der Waals surface area contributed by atoms with Gasteiger partial charge in [0, 0.05) is 24.1 Å². The van der Waals surface area contributed by atoms with E-state index < -0.39 is 0 Å². The number of benzene rings is 1. The topological polar surface area (TPSA) is 24.1 Å². The summed E-state index contributed by atoms with van der Waals surface area (Å²) in [4.78, 5) is 0. The Labute approximate surface area is 94.2 Å². The van der Waals surface area contributed by atoms with E-state index in [-0.39, 0.29) is 0 Å². The van der Waals surface area contributed by atoms with Crippen molar-refractivity contribution in [2.24, 2.45) is 0 Å². The van der Waals surface area contributed by atoms with Gasteiger partial charge in [-0.1, -0.05) is 28.1 Å². The van der Waals surface area contributed by atoms with Gasteiger partial charge < -0.3 is 10.6 Å². The Morgan fingerprint density at radius 2 is 2.07 bits per heavy atom. The van der Waals surface area contributed by atoms with Crippen molar-refractivity contribution < 1.29 is 0 Å². The van der Waals surface area contributed by atoms with Crippen molar-refractivity contribution in [1.29, 1.82) is 0 Å². The Morgan fingerprint density at radius 1 is 1.29 bits per heavy atom. The van der Waals surface area contributed by atoms with Crippen LogP contribution in [0.4, 0.5) is 0 Å². The molecule has 0 aliphatic rings. The number of rotatable bonds is 5. The molecule has 0 spiro atoms. The Kier molecular flexibility index (Phi) is 5.15. The van der Waals surface area contributed by atoms with Gasteiger partial charge in [0.05, 0.1) is 0 Å². The van der Waals surface area contributed by atoms with Crippen LogP contribution in [0, 0.1) is 6.92 Å². The lowest BCUT2D eigenvalue weighted by atomic mass is 10.1. The molecule has 14 heavy (non-hydrogen) atoms. The summed E-state index contributed by atoms with van der Waals surface area (Å²) in [5.74, 6) is 0. The second kappa shape index (κ2) is 6.17. The lowest BCUT2D eigenvalue weighted by Gasteiger charge is -2.08. The smallest absolute Gasteiger partial charge is 0.0209 e. The zero-order chi connectivity index (χ0) is 10.4. The first kappa shape index (κ1) is 11.7. The Bertz CT molecular complexity index is 287. The van der Waals surface area contributed by atoms with Gasteiger partial charge in [0.2, 0.25) is 0 Å². The van der Waals surface area contributed by atoms with E-state index >= 15 is 0 Å². The van der Waals surface area contributed by atoms with Gasteiger partial charge in [-0.3, -0.25) is 0 Å². The van der Waals surface area contributed by atoms with E-state index in [1.807, 2.05) is 7.05 Å². The summed E-state index contributed by atoms with van der Waals surface area (Å²) in [5, 5.41) is 6.50. The predicted molar refractivity (Wildman–Crippen MR) is 64.5 cm³/mol. The molecule has 0 heterocycles. The fourth-order valence-corrected chi connectivity index (χ4v) is 1.69. The zero-order valence-electron chi connectivity index (χ0n) is 8.73. The molecule has 1 aromatic carbocycles. The van der Waals surface area contributed by atoms with E-state index in [4.69, 9.17) is 0 Å². The number of likely N-dealkylation sites (N-methyl/N-ethyl adjacent to an activating group) is 1. The van der Waals surface area contributed by atoms with Gasteiger partial charge in [0.1, 0.15) is 0 Å². The second-order valence-electron chi connectivity index (χ2n) is 3.30. The molecular weight excluding hydrogens is 240 g/mol. The van der Waals surface area contributed by atoms with Crippen molar-refractivity contribution in [3.8, 4) is 0 Å². The molecule has 3 heteroatoms. The summed E-state index contributed by atoms with van der Waals surface area (Å²) < 4.78 is 1.19. The first-order chi connectivity index (χ1) is 6.75. The van der Waals surface area contributed by atoms with Gasteiger partial charge >= 0.3 is 0 Å². The van der Waals surface area contributed by atoms with Crippen LogP contribution in [0.1, 0.15) is 11.1 Å². The zero-order valence-corrected chi connectivity index (χ0v) is 10.3. The lowest BCUT2D eigenvalue weighted by molar-refractivity contribution is 0.649. The molecule has 0 bridgehead atoms. The molecule has 0 aliphatic carbocycles. The number of halogens is 1. The predicted octanol–water partition coefficient (Wildman–Crippen LogP) is 2.07. The summed E-state index contributed by atoms with van der Waals surface area (Å²) >= 11 is 3.53. The molecule has 2 nitrogen and oxygen atoms in total. The van der Waals surface area contributed by atoms with E-state index in [0.29, 0.717) is 0 Å². The molecule has 1 rings (SSSR count). The van der Waals surface area contributed by atoms with Gasteiger partial charge in [0.15, 0.2) is 0 Å². The summed E-state index contributed by atoms with van der Waals surface area (Å²) in [6.45, 7) is 5.08. The average molecular weight is 257 g/mol. The Hall–Kier alpha value is -0.380. The summed E-state index contributed by atoms with van der Waals surface area (Å²) in [6, 6.07) is 6.31. The van der Waals surface area contributed by atoms with Crippen LogP contribution in [0.2, 0.25) is 0 Å². The van der Waals surface area contributed by atoms with Crippen LogP contribution in [0.15, 0.2) is 22.7 Å². The van der Waals surface area contributed by atoms with Gasteiger partial charge in [-0.05, 0) is 31.2 Å². The molecule has 0 radical (unpaired) electrons. The van der Waals surface area contributed by atoms with Crippen molar-refractivity contribution in [2.75, 3.05) is 20.1 Å². The second-order valence-corrected chi connectivity index (χ2v) is 4.16. The van der Waals surface area contributed by atoms with Gasteiger partial charge in [0.25, 0.3) is 0 Å².